The Kier molecular flexibility index (Phi) is 3.81. The van der Waals surface area contributed by atoms with Crippen LogP contribution in [-0.2, 0) is 0 Å². The molecule has 3 rings (SSSR count). The molecule has 2 heterocycles. The number of anilines is 2. The number of nitrogens with zero attached hydrogens (tertiary/aromatic N) is 2. The maximum Gasteiger partial charge on any atom is 0.257 e. The molecule has 1 aromatic carbocycles. The highest BCUT2D eigenvalue weighted by molar-refractivity contribution is 6.05. The lowest BCUT2D eigenvalue weighted by atomic mass is 10.2. The molecule has 1 saturated heterocycles. The van der Waals surface area contributed by atoms with Gasteiger partial charge in [-0.25, -0.2) is 4.39 Å². The molecule has 0 radical (unpaired) electrons. The fraction of sp³-hybridized carbons (Fsp3) is 0.250. The van der Waals surface area contributed by atoms with Gasteiger partial charge in [0.25, 0.3) is 5.91 Å². The molecule has 1 N–H and O–H groups in total. The summed E-state index contributed by atoms with van der Waals surface area (Å²) in [5.41, 5.74) is 1.83. The maximum absolute atomic E-state index is 13.5. The van der Waals surface area contributed by atoms with Crippen LogP contribution in [0, 0.1) is 5.82 Å². The van der Waals surface area contributed by atoms with Gasteiger partial charge in [-0.15, -0.1) is 0 Å². The molecule has 0 saturated carbocycles. The highest BCUT2D eigenvalue weighted by atomic mass is 19.1. The highest BCUT2D eigenvalue weighted by Gasteiger charge is 2.18. The number of hydrogen-bond acceptors (Lipinski definition) is 3. The van der Waals surface area contributed by atoms with Crippen LogP contribution in [0.4, 0.5) is 15.8 Å². The zero-order valence-electron chi connectivity index (χ0n) is 11.6. The summed E-state index contributed by atoms with van der Waals surface area (Å²) in [5.74, 6) is -0.645. The first kappa shape index (κ1) is 13.5. The summed E-state index contributed by atoms with van der Waals surface area (Å²) < 4.78 is 13.5. The number of rotatable bonds is 3. The van der Waals surface area contributed by atoms with Crippen molar-refractivity contribution in [2.75, 3.05) is 23.3 Å². The Bertz CT molecular complexity index is 639. The van der Waals surface area contributed by atoms with Gasteiger partial charge in [0.05, 0.1) is 16.9 Å². The Morgan fingerprint density at radius 2 is 2.05 bits per heavy atom. The van der Waals surface area contributed by atoms with Crippen LogP contribution in [0.15, 0.2) is 42.7 Å². The zero-order valence-corrected chi connectivity index (χ0v) is 11.6. The van der Waals surface area contributed by atoms with Gasteiger partial charge in [0.1, 0.15) is 5.82 Å². The standard InChI is InChI=1S/C16H16FN3O/c17-13-5-6-15(20-8-1-2-9-20)14(10-13)19-16(21)12-4-3-7-18-11-12/h3-7,10-11H,1-2,8-9H2,(H,19,21). The molecule has 2 aromatic rings. The van der Waals surface area contributed by atoms with Gasteiger partial charge in [-0.05, 0) is 43.2 Å². The number of carbonyl (C=O) groups is 1. The molecule has 1 aliphatic heterocycles. The lowest BCUT2D eigenvalue weighted by molar-refractivity contribution is 0.102. The van der Waals surface area contributed by atoms with E-state index in [-0.39, 0.29) is 11.7 Å². The normalized spacial score (nSPS) is 14.2. The minimum Gasteiger partial charge on any atom is -0.370 e. The Morgan fingerprint density at radius 1 is 1.24 bits per heavy atom. The number of nitrogens with one attached hydrogen (secondary N) is 1. The third-order valence-electron chi connectivity index (χ3n) is 3.58. The van der Waals surface area contributed by atoms with Crippen LogP contribution in [0.5, 0.6) is 0 Å². The van der Waals surface area contributed by atoms with Gasteiger partial charge in [-0.1, -0.05) is 0 Å². The second-order valence-electron chi connectivity index (χ2n) is 5.05. The van der Waals surface area contributed by atoms with Crippen molar-refractivity contribution < 1.29 is 9.18 Å². The van der Waals surface area contributed by atoms with Crippen molar-refractivity contribution >= 4 is 17.3 Å². The smallest absolute Gasteiger partial charge is 0.257 e. The SMILES string of the molecule is O=C(Nc1cc(F)ccc1N1CCCC1)c1cccnc1. The first-order chi connectivity index (χ1) is 10.2. The van der Waals surface area contributed by atoms with Crippen molar-refractivity contribution in [2.45, 2.75) is 12.8 Å². The molecular weight excluding hydrogens is 269 g/mol. The third-order valence-corrected chi connectivity index (χ3v) is 3.58. The van der Waals surface area contributed by atoms with Crippen LogP contribution in [0.3, 0.4) is 0 Å². The monoisotopic (exact) mass is 285 g/mol. The van der Waals surface area contributed by atoms with Crippen molar-refractivity contribution in [1.29, 1.82) is 0 Å². The van der Waals surface area contributed by atoms with E-state index in [4.69, 9.17) is 0 Å². The summed E-state index contributed by atoms with van der Waals surface area (Å²) in [5, 5.41) is 2.78. The second-order valence-corrected chi connectivity index (χ2v) is 5.05. The van der Waals surface area contributed by atoms with Crippen molar-refractivity contribution in [3.05, 3.63) is 54.1 Å². The first-order valence-electron chi connectivity index (χ1n) is 7.00. The van der Waals surface area contributed by atoms with Crippen molar-refractivity contribution in [2.24, 2.45) is 0 Å². The molecule has 1 aromatic heterocycles. The molecule has 5 heteroatoms. The van der Waals surface area contributed by atoms with E-state index in [1.165, 1.54) is 18.3 Å². The quantitative estimate of drug-likeness (QED) is 0.942. The van der Waals surface area contributed by atoms with Gasteiger partial charge in [-0.2, -0.15) is 0 Å². The maximum atomic E-state index is 13.5. The molecule has 0 spiro atoms. The molecular formula is C16H16FN3O. The van der Waals surface area contributed by atoms with E-state index < -0.39 is 0 Å². The highest BCUT2D eigenvalue weighted by Crippen LogP contribution is 2.30. The lowest BCUT2D eigenvalue weighted by Crippen LogP contribution is -2.21. The molecule has 4 nitrogen and oxygen atoms in total. The predicted octanol–water partition coefficient (Wildman–Crippen LogP) is 3.07. The van der Waals surface area contributed by atoms with Crippen molar-refractivity contribution in [3.63, 3.8) is 0 Å². The summed E-state index contributed by atoms with van der Waals surface area (Å²) >= 11 is 0. The van der Waals surface area contributed by atoms with Crippen LogP contribution in [0.1, 0.15) is 23.2 Å². The Hall–Kier alpha value is -2.43. The zero-order chi connectivity index (χ0) is 14.7. The minimum absolute atomic E-state index is 0.283. The van der Waals surface area contributed by atoms with Crippen LogP contribution in [-0.4, -0.2) is 24.0 Å². The van der Waals surface area contributed by atoms with Crippen LogP contribution in [0.25, 0.3) is 0 Å². The van der Waals surface area contributed by atoms with Crippen molar-refractivity contribution in [1.82, 2.24) is 4.98 Å². The van der Waals surface area contributed by atoms with Gasteiger partial charge in [0, 0.05) is 25.5 Å². The van der Waals surface area contributed by atoms with E-state index in [0.717, 1.165) is 31.6 Å². The van der Waals surface area contributed by atoms with E-state index in [9.17, 15) is 9.18 Å². The second kappa shape index (κ2) is 5.91. The van der Waals surface area contributed by atoms with Gasteiger partial charge in [0.2, 0.25) is 0 Å². The Labute approximate surface area is 122 Å². The average Bonchev–Trinajstić information content (AvgIpc) is 3.02. The minimum atomic E-state index is -0.362. The third kappa shape index (κ3) is 3.02. The average molecular weight is 285 g/mol. The lowest BCUT2D eigenvalue weighted by Gasteiger charge is -2.21. The van der Waals surface area contributed by atoms with E-state index in [2.05, 4.69) is 15.2 Å². The van der Waals surface area contributed by atoms with Gasteiger partial charge in [0.15, 0.2) is 0 Å². The van der Waals surface area contributed by atoms with Crippen LogP contribution < -0.4 is 10.2 Å². The number of halogens is 1. The fourth-order valence-corrected chi connectivity index (χ4v) is 2.53. The number of benzene rings is 1. The van der Waals surface area contributed by atoms with Crippen LogP contribution >= 0.6 is 0 Å². The summed E-state index contributed by atoms with van der Waals surface area (Å²) in [6, 6.07) is 7.88. The van der Waals surface area contributed by atoms with E-state index in [1.807, 2.05) is 0 Å². The van der Waals surface area contributed by atoms with Gasteiger partial charge in [-0.3, -0.25) is 9.78 Å². The molecule has 1 aliphatic rings. The van der Waals surface area contributed by atoms with Gasteiger partial charge < -0.3 is 10.2 Å². The summed E-state index contributed by atoms with van der Waals surface area (Å²) in [4.78, 5) is 18.3. The number of amides is 1. The molecule has 1 amide bonds. The number of pyridine rings is 1. The molecule has 21 heavy (non-hydrogen) atoms. The Balaban J connectivity index is 1.87. The predicted molar refractivity (Wildman–Crippen MR) is 80.0 cm³/mol. The molecule has 1 fully saturated rings. The number of hydrogen-bond donors (Lipinski definition) is 1. The molecule has 0 atom stereocenters. The van der Waals surface area contributed by atoms with Crippen molar-refractivity contribution in [3.8, 4) is 0 Å². The molecule has 0 unspecified atom stereocenters. The number of carbonyl (C=O) groups excluding carboxylic acids is 1. The molecule has 0 bridgehead atoms. The first-order valence-corrected chi connectivity index (χ1v) is 7.00. The summed E-state index contributed by atoms with van der Waals surface area (Å²) in [7, 11) is 0. The molecule has 108 valence electrons. The van der Waals surface area contributed by atoms with Crippen LogP contribution in [0.2, 0.25) is 0 Å². The molecule has 0 aliphatic carbocycles. The van der Waals surface area contributed by atoms with Gasteiger partial charge >= 0.3 is 0 Å². The summed E-state index contributed by atoms with van der Waals surface area (Å²) in [6.07, 6.45) is 5.33. The Morgan fingerprint density at radius 3 is 2.76 bits per heavy atom. The van der Waals surface area contributed by atoms with E-state index in [1.54, 1.807) is 24.4 Å². The number of aromatic nitrogens is 1. The van der Waals surface area contributed by atoms with E-state index >= 15 is 0 Å². The fourth-order valence-electron chi connectivity index (χ4n) is 2.53. The summed E-state index contributed by atoms with van der Waals surface area (Å²) in [6.45, 7) is 1.86. The topological polar surface area (TPSA) is 45.2 Å². The largest absolute Gasteiger partial charge is 0.370 e. The van der Waals surface area contributed by atoms with E-state index in [0.29, 0.717) is 11.3 Å².